The third-order valence-corrected chi connectivity index (χ3v) is 9.83. The first-order chi connectivity index (χ1) is 28.5. The van der Waals surface area contributed by atoms with Crippen LogP contribution in [0, 0.1) is 13.8 Å². The number of imidazole rings is 1. The van der Waals surface area contributed by atoms with Gasteiger partial charge >= 0.3 is 0 Å². The molecule has 2 aromatic carbocycles. The van der Waals surface area contributed by atoms with Crippen molar-refractivity contribution < 1.29 is 28.3 Å². The summed E-state index contributed by atoms with van der Waals surface area (Å²) in [5.74, 6) is 0.148. The largest absolute Gasteiger partial charge is 0.495 e. The van der Waals surface area contributed by atoms with Crippen LogP contribution in [-0.2, 0) is 26.1 Å². The highest BCUT2D eigenvalue weighted by molar-refractivity contribution is 6.12. The maximum Gasteiger partial charge on any atom is 0.295 e. The third-order valence-electron chi connectivity index (χ3n) is 9.83. The predicted molar refractivity (Wildman–Crippen MR) is 222 cm³/mol. The summed E-state index contributed by atoms with van der Waals surface area (Å²) in [6.07, 6.45) is 6.77. The van der Waals surface area contributed by atoms with Crippen molar-refractivity contribution in [1.82, 2.24) is 44.2 Å². The maximum absolute atomic E-state index is 13.7. The lowest BCUT2D eigenvalue weighted by Gasteiger charge is -2.13. The van der Waals surface area contributed by atoms with E-state index in [-0.39, 0.29) is 29.4 Å². The number of oxazole rings is 1. The molecule has 0 fully saturated rings. The molecule has 5 aromatic heterocycles. The molecule has 5 heterocycles. The Kier molecular flexibility index (Phi) is 11.4. The number of aryl methyl sites for hydroxylation is 4. The van der Waals surface area contributed by atoms with E-state index in [4.69, 9.17) is 40.3 Å². The summed E-state index contributed by atoms with van der Waals surface area (Å²) in [4.78, 5) is 57.3. The highest BCUT2D eigenvalue weighted by Gasteiger charge is 2.24. The minimum Gasteiger partial charge on any atom is -0.495 e. The van der Waals surface area contributed by atoms with Crippen LogP contribution < -0.4 is 31.6 Å². The number of nitrogens with two attached hydrogens (primary N) is 2. The van der Waals surface area contributed by atoms with Gasteiger partial charge in [0.25, 0.3) is 5.91 Å². The minimum atomic E-state index is -0.650. The number of carbonyl (C=O) groups is 3. The van der Waals surface area contributed by atoms with Crippen molar-refractivity contribution in [2.45, 2.75) is 60.2 Å². The molecule has 0 aliphatic heterocycles. The van der Waals surface area contributed by atoms with E-state index in [2.05, 4.69) is 20.7 Å². The van der Waals surface area contributed by atoms with Crippen LogP contribution in [0.2, 0.25) is 0 Å². The number of amides is 3. The van der Waals surface area contributed by atoms with E-state index in [0.29, 0.717) is 101 Å². The van der Waals surface area contributed by atoms with Gasteiger partial charge in [0.15, 0.2) is 11.7 Å². The van der Waals surface area contributed by atoms with Gasteiger partial charge in [0.05, 0.1) is 36.1 Å². The SMILES string of the molecule is CCc1nc(C)oc1C(=O)Nc1nc2cc(C(N)=O)cc(OCCCNC)c2n1C/C=C/Cn1c2nc(-c3cc(C)nn3CC)ncc2c2cc(C(N)=O)cc(OC)c21. The molecular formula is C41H46N12O6. The van der Waals surface area contributed by atoms with E-state index >= 15 is 0 Å². The number of carbonyl (C=O) groups excluding carboxylic acids is 3. The first-order valence-corrected chi connectivity index (χ1v) is 19.2. The van der Waals surface area contributed by atoms with Gasteiger partial charge in [-0.2, -0.15) is 5.10 Å². The summed E-state index contributed by atoms with van der Waals surface area (Å²) in [5, 5.41) is 12.0. The van der Waals surface area contributed by atoms with Gasteiger partial charge < -0.3 is 39.8 Å². The van der Waals surface area contributed by atoms with Gasteiger partial charge in [-0.15, -0.1) is 0 Å². The zero-order valence-corrected chi connectivity index (χ0v) is 33.8. The van der Waals surface area contributed by atoms with Crippen molar-refractivity contribution in [3.05, 3.63) is 82.8 Å². The van der Waals surface area contributed by atoms with Crippen LogP contribution in [0.5, 0.6) is 11.5 Å². The Morgan fingerprint density at radius 3 is 2.32 bits per heavy atom. The van der Waals surface area contributed by atoms with Gasteiger partial charge in [0, 0.05) is 54.7 Å². The molecule has 59 heavy (non-hydrogen) atoms. The molecule has 0 saturated carbocycles. The topological polar surface area (TPSA) is 238 Å². The van der Waals surface area contributed by atoms with Crippen LogP contribution >= 0.6 is 0 Å². The smallest absolute Gasteiger partial charge is 0.295 e. The molecule has 7 rings (SSSR count). The summed E-state index contributed by atoms with van der Waals surface area (Å²) in [6.45, 7) is 9.67. The number of ether oxygens (including phenoxy) is 2. The van der Waals surface area contributed by atoms with Gasteiger partial charge in [-0.25, -0.2) is 19.9 Å². The van der Waals surface area contributed by atoms with Crippen molar-refractivity contribution in [1.29, 1.82) is 0 Å². The second kappa shape index (κ2) is 16.8. The fourth-order valence-electron chi connectivity index (χ4n) is 7.12. The maximum atomic E-state index is 13.7. The van der Waals surface area contributed by atoms with E-state index < -0.39 is 17.7 Å². The zero-order chi connectivity index (χ0) is 42.0. The second-order valence-corrected chi connectivity index (χ2v) is 13.8. The second-order valence-electron chi connectivity index (χ2n) is 13.8. The number of allylic oxidation sites excluding steroid dienone is 2. The normalized spacial score (nSPS) is 11.7. The number of nitrogens with one attached hydrogen (secondary N) is 2. The average molecular weight is 803 g/mol. The summed E-state index contributed by atoms with van der Waals surface area (Å²) in [6, 6.07) is 8.42. The number of hydrogen-bond donors (Lipinski definition) is 4. The standard InChI is InChI=1S/C41H46N12O6/c1-7-28-35(59-23(4)46-28)40(56)49-41-47-29-18-25(37(43)55)20-32(58-15-11-12-44-5)34(29)52(41)14-10-9-13-51-33-26(17-24(36(42)54)19-31(33)57-6)27-21-45-38(48-39(27)51)30-16-22(3)50-53(30)8-2/h9-10,16-21,44H,7-8,11-15H2,1-6H3,(H2,42,54)(H2,43,55)(H,47,49,56)/b10-9+. The van der Waals surface area contributed by atoms with Crippen molar-refractivity contribution in [3.8, 4) is 23.0 Å². The first kappa shape index (κ1) is 40.1. The Bertz CT molecular complexity index is 2770. The van der Waals surface area contributed by atoms with Gasteiger partial charge in [0.2, 0.25) is 23.5 Å². The van der Waals surface area contributed by atoms with Crippen molar-refractivity contribution in [2.75, 3.05) is 32.6 Å². The number of hydrogen-bond acceptors (Lipinski definition) is 12. The average Bonchev–Trinajstić information content (AvgIpc) is 3.98. The molecular weight excluding hydrogens is 757 g/mol. The number of methoxy groups -OCH3 is 1. The number of fused-ring (bicyclic) bond motifs is 4. The monoisotopic (exact) mass is 802 g/mol. The molecule has 0 aliphatic rings. The molecule has 18 heteroatoms. The van der Waals surface area contributed by atoms with Crippen LogP contribution in [0.3, 0.4) is 0 Å². The van der Waals surface area contributed by atoms with Crippen molar-refractivity contribution in [2.24, 2.45) is 11.5 Å². The van der Waals surface area contributed by atoms with Crippen LogP contribution in [0.15, 0.2) is 53.1 Å². The Morgan fingerprint density at radius 1 is 0.898 bits per heavy atom. The lowest BCUT2D eigenvalue weighted by Crippen LogP contribution is -2.17. The van der Waals surface area contributed by atoms with Crippen LogP contribution in [0.25, 0.3) is 44.5 Å². The number of aromatic nitrogens is 8. The van der Waals surface area contributed by atoms with E-state index in [9.17, 15) is 14.4 Å². The molecule has 0 saturated heterocycles. The van der Waals surface area contributed by atoms with Crippen LogP contribution in [0.1, 0.15) is 68.8 Å². The van der Waals surface area contributed by atoms with Gasteiger partial charge in [-0.05, 0) is 70.6 Å². The van der Waals surface area contributed by atoms with E-state index in [0.717, 1.165) is 11.4 Å². The Hall–Kier alpha value is -7.08. The Labute approximate surface area is 338 Å². The van der Waals surface area contributed by atoms with E-state index in [1.165, 1.54) is 7.11 Å². The lowest BCUT2D eigenvalue weighted by molar-refractivity contribution is 0.0987. The van der Waals surface area contributed by atoms with Crippen LogP contribution in [-0.4, -0.2) is 83.9 Å². The first-order valence-electron chi connectivity index (χ1n) is 19.2. The highest BCUT2D eigenvalue weighted by Crippen LogP contribution is 2.37. The predicted octanol–water partition coefficient (Wildman–Crippen LogP) is 4.69. The Balaban J connectivity index is 1.33. The van der Waals surface area contributed by atoms with Gasteiger partial charge in [-0.3, -0.25) is 24.4 Å². The molecule has 0 aliphatic carbocycles. The van der Waals surface area contributed by atoms with Crippen LogP contribution in [0.4, 0.5) is 5.95 Å². The van der Waals surface area contributed by atoms with Crippen molar-refractivity contribution in [3.63, 3.8) is 0 Å². The fraction of sp³-hybridized carbons (Fsp3) is 0.317. The van der Waals surface area contributed by atoms with E-state index in [1.54, 1.807) is 42.0 Å². The number of rotatable bonds is 17. The molecule has 18 nitrogen and oxygen atoms in total. The molecule has 6 N–H and O–H groups in total. The lowest BCUT2D eigenvalue weighted by atomic mass is 10.1. The number of benzene rings is 2. The molecule has 0 atom stereocenters. The summed E-state index contributed by atoms with van der Waals surface area (Å²) >= 11 is 0. The quantitative estimate of drug-likeness (QED) is 0.0725. The molecule has 0 unspecified atom stereocenters. The third kappa shape index (κ3) is 7.81. The number of anilines is 1. The minimum absolute atomic E-state index is 0.0822. The molecule has 7 aromatic rings. The molecule has 3 amide bonds. The van der Waals surface area contributed by atoms with Gasteiger partial charge in [0.1, 0.15) is 28.4 Å². The van der Waals surface area contributed by atoms with Crippen molar-refractivity contribution >= 4 is 56.6 Å². The number of nitrogens with zero attached hydrogens (tertiary/aromatic N) is 8. The fourth-order valence-corrected chi connectivity index (χ4v) is 7.12. The molecule has 0 spiro atoms. The highest BCUT2D eigenvalue weighted by atomic mass is 16.5. The van der Waals surface area contributed by atoms with E-state index in [1.807, 2.05) is 55.3 Å². The molecule has 306 valence electrons. The summed E-state index contributed by atoms with van der Waals surface area (Å²) in [7, 11) is 3.38. The summed E-state index contributed by atoms with van der Waals surface area (Å²) < 4.78 is 23.4. The Morgan fingerprint density at radius 2 is 1.63 bits per heavy atom. The molecule has 0 radical (unpaired) electrons. The van der Waals surface area contributed by atoms with Gasteiger partial charge in [-0.1, -0.05) is 19.1 Å². The molecule has 0 bridgehead atoms. The summed E-state index contributed by atoms with van der Waals surface area (Å²) in [5.41, 5.74) is 16.3. The number of primary amides is 2. The zero-order valence-electron chi connectivity index (χ0n) is 33.8.